The van der Waals surface area contributed by atoms with Crippen molar-refractivity contribution in [1.29, 1.82) is 0 Å². The van der Waals surface area contributed by atoms with E-state index in [2.05, 4.69) is 25.8 Å². The van der Waals surface area contributed by atoms with Crippen molar-refractivity contribution in [3.05, 3.63) is 63.5 Å². The zero-order valence-electron chi connectivity index (χ0n) is 18.6. The molecule has 0 spiro atoms. The third-order valence-corrected chi connectivity index (χ3v) is 5.75. The predicted molar refractivity (Wildman–Crippen MR) is 120 cm³/mol. The molecule has 3 aromatic rings. The molecule has 35 heavy (non-hydrogen) atoms. The molecule has 0 saturated carbocycles. The van der Waals surface area contributed by atoms with Crippen molar-refractivity contribution in [3.8, 4) is 0 Å². The summed E-state index contributed by atoms with van der Waals surface area (Å²) in [5, 5.41) is 11.0. The Balaban J connectivity index is 1.36. The third kappa shape index (κ3) is 5.48. The second-order valence-electron chi connectivity index (χ2n) is 7.93. The summed E-state index contributed by atoms with van der Waals surface area (Å²) in [5.41, 5.74) is 0.129. The van der Waals surface area contributed by atoms with Crippen LogP contribution in [0.4, 0.5) is 14.6 Å². The molecule has 4 rings (SSSR count). The average Bonchev–Trinajstić information content (AvgIpc) is 3.46. The van der Waals surface area contributed by atoms with Gasteiger partial charge in [-0.05, 0) is 38.3 Å². The SMILES string of the molecule is Cc1nc(C(=O)N2CCCCC2)oc1CNC(=O)c1cc(NC(=O)c2cc(F)c(F)cc2Cl)[nH]n1. The zero-order chi connectivity index (χ0) is 25.1. The van der Waals surface area contributed by atoms with Gasteiger partial charge in [-0.3, -0.25) is 19.5 Å². The van der Waals surface area contributed by atoms with E-state index in [4.69, 9.17) is 16.0 Å². The molecule has 0 aliphatic carbocycles. The average molecular weight is 507 g/mol. The minimum absolute atomic E-state index is 0.0192. The van der Waals surface area contributed by atoms with Crippen LogP contribution in [-0.4, -0.2) is 50.9 Å². The van der Waals surface area contributed by atoms with Crippen molar-refractivity contribution >= 4 is 35.1 Å². The van der Waals surface area contributed by atoms with Crippen LogP contribution in [0.1, 0.15) is 62.2 Å². The Morgan fingerprint density at radius 1 is 1.11 bits per heavy atom. The van der Waals surface area contributed by atoms with E-state index in [0.29, 0.717) is 36.7 Å². The number of aromatic amines is 1. The van der Waals surface area contributed by atoms with Crippen LogP contribution in [0.25, 0.3) is 0 Å². The second-order valence-corrected chi connectivity index (χ2v) is 8.34. The number of likely N-dealkylation sites (tertiary alicyclic amines) is 1. The lowest BCUT2D eigenvalue weighted by Crippen LogP contribution is -2.35. The minimum Gasteiger partial charge on any atom is -0.435 e. The fraction of sp³-hybridized carbons (Fsp3) is 0.318. The predicted octanol–water partition coefficient (Wildman–Crippen LogP) is 3.45. The number of piperidine rings is 1. The molecule has 1 saturated heterocycles. The van der Waals surface area contributed by atoms with Crippen LogP contribution in [0.3, 0.4) is 0 Å². The maximum Gasteiger partial charge on any atom is 0.309 e. The number of halogens is 3. The van der Waals surface area contributed by atoms with E-state index in [9.17, 15) is 23.2 Å². The number of benzene rings is 1. The molecule has 184 valence electrons. The van der Waals surface area contributed by atoms with Gasteiger partial charge in [0, 0.05) is 19.2 Å². The summed E-state index contributed by atoms with van der Waals surface area (Å²) in [6.45, 7) is 2.95. The maximum atomic E-state index is 13.4. The van der Waals surface area contributed by atoms with Gasteiger partial charge in [0.1, 0.15) is 11.6 Å². The molecule has 0 radical (unpaired) electrons. The minimum atomic E-state index is -1.23. The van der Waals surface area contributed by atoms with Gasteiger partial charge in [0.15, 0.2) is 17.3 Å². The summed E-state index contributed by atoms with van der Waals surface area (Å²) >= 11 is 5.80. The first-order chi connectivity index (χ1) is 16.7. The summed E-state index contributed by atoms with van der Waals surface area (Å²) in [7, 11) is 0. The Morgan fingerprint density at radius 2 is 1.83 bits per heavy atom. The van der Waals surface area contributed by atoms with Crippen molar-refractivity contribution < 1.29 is 27.6 Å². The molecule has 1 aliphatic rings. The van der Waals surface area contributed by atoms with Gasteiger partial charge in [-0.2, -0.15) is 5.10 Å². The quantitative estimate of drug-likeness (QED) is 0.438. The molecule has 1 fully saturated rings. The molecule has 0 unspecified atom stereocenters. The zero-order valence-corrected chi connectivity index (χ0v) is 19.3. The van der Waals surface area contributed by atoms with Crippen molar-refractivity contribution in [3.63, 3.8) is 0 Å². The van der Waals surface area contributed by atoms with Crippen LogP contribution in [0, 0.1) is 18.6 Å². The molecule has 2 aromatic heterocycles. The van der Waals surface area contributed by atoms with Crippen molar-refractivity contribution in [2.45, 2.75) is 32.7 Å². The number of H-pyrrole nitrogens is 1. The number of aryl methyl sites for hydroxylation is 1. The highest BCUT2D eigenvalue weighted by Gasteiger charge is 2.24. The van der Waals surface area contributed by atoms with Crippen LogP contribution in [-0.2, 0) is 6.54 Å². The van der Waals surface area contributed by atoms with Crippen molar-refractivity contribution in [2.24, 2.45) is 0 Å². The van der Waals surface area contributed by atoms with Gasteiger partial charge in [0.2, 0.25) is 0 Å². The monoisotopic (exact) mass is 506 g/mol. The first-order valence-electron chi connectivity index (χ1n) is 10.8. The topological polar surface area (TPSA) is 133 Å². The number of nitrogens with one attached hydrogen (secondary N) is 3. The summed E-state index contributed by atoms with van der Waals surface area (Å²) in [5.74, 6) is -3.76. The number of rotatable bonds is 6. The second kappa shape index (κ2) is 10.2. The van der Waals surface area contributed by atoms with Gasteiger partial charge in [0.25, 0.3) is 17.7 Å². The number of carbonyl (C=O) groups excluding carboxylic acids is 3. The Kier molecular flexibility index (Phi) is 7.10. The van der Waals surface area contributed by atoms with Crippen LogP contribution in [0.15, 0.2) is 22.6 Å². The van der Waals surface area contributed by atoms with Crippen LogP contribution >= 0.6 is 11.6 Å². The van der Waals surface area contributed by atoms with Crippen molar-refractivity contribution in [1.82, 2.24) is 25.4 Å². The van der Waals surface area contributed by atoms with E-state index in [1.165, 1.54) is 6.07 Å². The molecular weight excluding hydrogens is 486 g/mol. The molecule has 3 heterocycles. The van der Waals surface area contributed by atoms with E-state index in [0.717, 1.165) is 19.3 Å². The van der Waals surface area contributed by atoms with E-state index in [1.54, 1.807) is 11.8 Å². The van der Waals surface area contributed by atoms with Gasteiger partial charge < -0.3 is 20.0 Å². The molecule has 1 aliphatic heterocycles. The number of amides is 3. The largest absolute Gasteiger partial charge is 0.435 e. The molecule has 0 bridgehead atoms. The fourth-order valence-corrected chi connectivity index (χ4v) is 3.79. The Hall–Kier alpha value is -3.80. The Labute approximate surface area is 203 Å². The van der Waals surface area contributed by atoms with Gasteiger partial charge >= 0.3 is 5.91 Å². The van der Waals surface area contributed by atoms with E-state index in [1.807, 2.05) is 0 Å². The summed E-state index contributed by atoms with van der Waals surface area (Å²) in [6.07, 6.45) is 2.96. The number of anilines is 1. The number of hydrogen-bond donors (Lipinski definition) is 3. The van der Waals surface area contributed by atoms with Gasteiger partial charge in [-0.25, -0.2) is 13.8 Å². The van der Waals surface area contributed by atoms with E-state index < -0.39 is 23.4 Å². The Morgan fingerprint density at radius 3 is 2.57 bits per heavy atom. The van der Waals surface area contributed by atoms with Crippen LogP contribution < -0.4 is 10.6 Å². The lowest BCUT2D eigenvalue weighted by atomic mass is 10.1. The molecule has 3 amide bonds. The molecule has 10 nitrogen and oxygen atoms in total. The Bertz CT molecular complexity index is 1280. The van der Waals surface area contributed by atoms with Gasteiger partial charge in [0.05, 0.1) is 22.8 Å². The summed E-state index contributed by atoms with van der Waals surface area (Å²) in [4.78, 5) is 43.2. The fourth-order valence-electron chi connectivity index (χ4n) is 3.56. The number of aromatic nitrogens is 3. The molecule has 1 aromatic carbocycles. The molecule has 0 atom stereocenters. The molecule has 13 heteroatoms. The highest BCUT2D eigenvalue weighted by Crippen LogP contribution is 2.21. The smallest absolute Gasteiger partial charge is 0.309 e. The number of oxazole rings is 1. The lowest BCUT2D eigenvalue weighted by Gasteiger charge is -2.25. The third-order valence-electron chi connectivity index (χ3n) is 5.44. The number of carbonyl (C=O) groups is 3. The van der Waals surface area contributed by atoms with Crippen LogP contribution in [0.5, 0.6) is 0 Å². The molecule has 3 N–H and O–H groups in total. The van der Waals surface area contributed by atoms with Gasteiger partial charge in [-0.1, -0.05) is 11.6 Å². The lowest BCUT2D eigenvalue weighted by molar-refractivity contribution is 0.0681. The van der Waals surface area contributed by atoms with Gasteiger partial charge in [-0.15, -0.1) is 0 Å². The highest BCUT2D eigenvalue weighted by atomic mass is 35.5. The first-order valence-corrected chi connectivity index (χ1v) is 11.2. The number of nitrogens with zero attached hydrogens (tertiary/aromatic N) is 3. The summed E-state index contributed by atoms with van der Waals surface area (Å²) in [6, 6.07) is 2.61. The van der Waals surface area contributed by atoms with Crippen molar-refractivity contribution in [2.75, 3.05) is 18.4 Å². The first kappa shape index (κ1) is 24.3. The normalized spacial score (nSPS) is 13.5. The van der Waals surface area contributed by atoms with Crippen LogP contribution in [0.2, 0.25) is 5.02 Å². The van der Waals surface area contributed by atoms with E-state index >= 15 is 0 Å². The standard InChI is InChI=1S/C22H21ClF2N6O4/c1-11-17(35-21(27-11)22(34)31-5-3-2-4-6-31)10-26-20(33)16-9-18(30-29-16)28-19(32)12-7-14(24)15(25)8-13(12)23/h7-9H,2-6,10H2,1H3,(H,26,33)(H2,28,29,30,32). The van der Waals surface area contributed by atoms with E-state index in [-0.39, 0.29) is 40.4 Å². The summed E-state index contributed by atoms with van der Waals surface area (Å²) < 4.78 is 32.2. The molecular formula is C22H21ClF2N6O4. The highest BCUT2D eigenvalue weighted by molar-refractivity contribution is 6.34. The maximum absolute atomic E-state index is 13.4. The number of hydrogen-bond acceptors (Lipinski definition) is 6.